The van der Waals surface area contributed by atoms with Crippen molar-refractivity contribution < 1.29 is 23.7 Å². The maximum Gasteiger partial charge on any atom is 0.410 e. The highest BCUT2D eigenvalue weighted by atomic mass is 16.8. The van der Waals surface area contributed by atoms with Gasteiger partial charge in [0.25, 0.3) is 0 Å². The van der Waals surface area contributed by atoms with E-state index < -0.39 is 11.4 Å². The Labute approximate surface area is 217 Å². The number of hydrogen-bond donors (Lipinski definition) is 1. The molecule has 4 aliphatic heterocycles. The number of ether oxygens (including phenoxy) is 4. The summed E-state index contributed by atoms with van der Waals surface area (Å²) in [5.74, 6) is -0.253. The predicted octanol–water partition coefficient (Wildman–Crippen LogP) is 2.91. The molecule has 2 aromatic rings. The molecule has 11 nitrogen and oxygen atoms in total. The van der Waals surface area contributed by atoms with E-state index >= 15 is 0 Å². The van der Waals surface area contributed by atoms with Crippen molar-refractivity contribution in [3.63, 3.8) is 0 Å². The molecule has 4 fully saturated rings. The minimum atomic E-state index is -0.696. The first-order valence-corrected chi connectivity index (χ1v) is 13.3. The third-order valence-electron chi connectivity index (χ3n) is 8.20. The van der Waals surface area contributed by atoms with E-state index in [1.165, 1.54) is 6.33 Å². The molecule has 0 saturated carbocycles. The zero-order valence-corrected chi connectivity index (χ0v) is 22.3. The summed E-state index contributed by atoms with van der Waals surface area (Å²) in [5.41, 5.74) is 6.40. The van der Waals surface area contributed by atoms with Crippen LogP contribution in [0.5, 0.6) is 0 Å². The van der Waals surface area contributed by atoms with E-state index in [0.29, 0.717) is 18.9 Å². The van der Waals surface area contributed by atoms with Gasteiger partial charge >= 0.3 is 6.09 Å². The highest BCUT2D eigenvalue weighted by Crippen LogP contribution is 2.47. The molecule has 0 aromatic carbocycles. The second-order valence-electron chi connectivity index (χ2n) is 12.2. The average Bonchev–Trinajstić information content (AvgIpc) is 3.47. The fourth-order valence-corrected chi connectivity index (χ4v) is 6.31. The molecule has 4 atom stereocenters. The highest BCUT2D eigenvalue weighted by Gasteiger charge is 2.58. The molecule has 6 rings (SSSR count). The Bertz CT molecular complexity index is 1180. The van der Waals surface area contributed by atoms with E-state index in [1.54, 1.807) is 0 Å². The maximum atomic E-state index is 12.6. The monoisotopic (exact) mass is 514 g/mol. The van der Waals surface area contributed by atoms with Gasteiger partial charge in [0.15, 0.2) is 12.0 Å². The molecule has 0 unspecified atom stereocenters. The minimum absolute atomic E-state index is 0.0895. The van der Waals surface area contributed by atoms with Crippen molar-refractivity contribution in [3.05, 3.63) is 18.6 Å². The Kier molecular flexibility index (Phi) is 5.72. The summed E-state index contributed by atoms with van der Waals surface area (Å²) in [7, 11) is 0. The molecule has 2 N–H and O–H groups in total. The number of fused-ring (bicyclic) bond motifs is 2. The first kappa shape index (κ1) is 24.8. The molecule has 0 radical (unpaired) electrons. The SMILES string of the molecule is CC(C)(C)OC(=O)N1CCC2(CC1)CCN2C[C@H]1O[C@@H](n2ccc3c(N)ncnc32)[C@@H]2OC(C)(C)O[C@@H]21. The van der Waals surface area contributed by atoms with E-state index in [1.807, 2.05) is 56.3 Å². The summed E-state index contributed by atoms with van der Waals surface area (Å²) in [6, 6.07) is 1.92. The van der Waals surface area contributed by atoms with Crippen LogP contribution in [0, 0.1) is 0 Å². The number of nitrogens with two attached hydrogens (primary N) is 1. The Hall–Kier alpha value is -2.47. The molecule has 1 amide bonds. The number of aromatic nitrogens is 3. The van der Waals surface area contributed by atoms with Crippen molar-refractivity contribution in [2.45, 2.75) is 95.3 Å². The van der Waals surface area contributed by atoms with Gasteiger partial charge in [0.2, 0.25) is 0 Å². The van der Waals surface area contributed by atoms with Crippen LogP contribution in [0.3, 0.4) is 0 Å². The highest BCUT2D eigenvalue weighted by molar-refractivity contribution is 5.86. The second-order valence-corrected chi connectivity index (χ2v) is 12.2. The van der Waals surface area contributed by atoms with Gasteiger partial charge < -0.3 is 34.1 Å². The van der Waals surface area contributed by atoms with E-state index in [-0.39, 0.29) is 36.2 Å². The zero-order valence-electron chi connectivity index (χ0n) is 22.3. The van der Waals surface area contributed by atoms with Gasteiger partial charge in [-0.05, 0) is 59.9 Å². The van der Waals surface area contributed by atoms with Gasteiger partial charge in [-0.15, -0.1) is 0 Å². The number of carbonyl (C=O) groups excluding carboxylic acids is 1. The molecular formula is C26H38N6O5. The van der Waals surface area contributed by atoms with Gasteiger partial charge in [-0.25, -0.2) is 14.8 Å². The van der Waals surface area contributed by atoms with Crippen LogP contribution in [0.25, 0.3) is 11.0 Å². The predicted molar refractivity (Wildman–Crippen MR) is 136 cm³/mol. The van der Waals surface area contributed by atoms with Gasteiger partial charge in [0.05, 0.1) is 5.39 Å². The number of amides is 1. The zero-order chi connectivity index (χ0) is 26.2. The molecule has 6 heterocycles. The lowest BCUT2D eigenvalue weighted by Gasteiger charge is -2.57. The van der Waals surface area contributed by atoms with Crippen molar-refractivity contribution in [2.75, 3.05) is 31.9 Å². The molecule has 4 aliphatic rings. The first-order chi connectivity index (χ1) is 17.4. The minimum Gasteiger partial charge on any atom is -0.444 e. The number of rotatable bonds is 3. The molecule has 4 saturated heterocycles. The van der Waals surface area contributed by atoms with E-state index in [0.717, 1.165) is 43.4 Å². The third-order valence-corrected chi connectivity index (χ3v) is 8.20. The van der Waals surface area contributed by atoms with E-state index in [9.17, 15) is 4.79 Å². The van der Waals surface area contributed by atoms with Crippen LogP contribution in [0.1, 0.15) is 60.1 Å². The lowest BCUT2D eigenvalue weighted by molar-refractivity contribution is -0.202. The molecule has 0 aliphatic carbocycles. The van der Waals surface area contributed by atoms with Crippen molar-refractivity contribution >= 4 is 22.9 Å². The summed E-state index contributed by atoms with van der Waals surface area (Å²) < 4.78 is 27.0. The second kappa shape index (κ2) is 8.52. The molecule has 37 heavy (non-hydrogen) atoms. The number of nitrogens with zero attached hydrogens (tertiary/aromatic N) is 5. The van der Waals surface area contributed by atoms with Crippen molar-refractivity contribution in [2.24, 2.45) is 0 Å². The van der Waals surface area contributed by atoms with Crippen molar-refractivity contribution in [1.82, 2.24) is 24.3 Å². The number of carbonyl (C=O) groups is 1. The van der Waals surface area contributed by atoms with Crippen molar-refractivity contribution in [1.29, 1.82) is 0 Å². The fraction of sp³-hybridized carbons (Fsp3) is 0.731. The van der Waals surface area contributed by atoms with Crippen LogP contribution in [-0.4, -0.2) is 91.8 Å². The lowest BCUT2D eigenvalue weighted by Crippen LogP contribution is -2.66. The Morgan fingerprint density at radius 3 is 2.51 bits per heavy atom. The van der Waals surface area contributed by atoms with Crippen LogP contribution >= 0.6 is 0 Å². The molecule has 202 valence electrons. The third kappa shape index (κ3) is 4.35. The van der Waals surface area contributed by atoms with E-state index in [4.69, 9.17) is 24.7 Å². The molecule has 0 bridgehead atoms. The summed E-state index contributed by atoms with van der Waals surface area (Å²) in [6.45, 7) is 12.8. The number of likely N-dealkylation sites (tertiary alicyclic amines) is 2. The number of hydrogen-bond acceptors (Lipinski definition) is 9. The molecule has 1 spiro atoms. The van der Waals surface area contributed by atoms with Gasteiger partial charge in [0.1, 0.15) is 41.7 Å². The molecular weight excluding hydrogens is 476 g/mol. The number of nitrogen functional groups attached to an aromatic ring is 1. The largest absolute Gasteiger partial charge is 0.444 e. The van der Waals surface area contributed by atoms with Crippen LogP contribution in [-0.2, 0) is 18.9 Å². The summed E-state index contributed by atoms with van der Waals surface area (Å²) >= 11 is 0. The normalized spacial score (nSPS) is 31.0. The first-order valence-electron chi connectivity index (χ1n) is 13.3. The smallest absolute Gasteiger partial charge is 0.410 e. The standard InChI is InChI=1S/C26H38N6O5/c1-24(2,3)37-23(33)30-11-7-26(8-12-30)9-13-31(26)14-17-18-19(36-25(4,5)35-18)22(34-17)32-10-6-16-20(27)28-15-29-21(16)32/h6,10,15,17-19,22H,7-9,11-14H2,1-5H3,(H2,27,28,29)/t17-,18-,19-,22-/m1/s1. The Morgan fingerprint density at radius 2 is 1.84 bits per heavy atom. The average molecular weight is 515 g/mol. The summed E-state index contributed by atoms with van der Waals surface area (Å²) in [5, 5.41) is 0.794. The number of piperidine rings is 1. The quantitative estimate of drug-likeness (QED) is 0.660. The molecule has 2 aromatic heterocycles. The maximum absolute atomic E-state index is 12.6. The molecule has 11 heteroatoms. The van der Waals surface area contributed by atoms with Crippen LogP contribution in [0.2, 0.25) is 0 Å². The summed E-state index contributed by atoms with van der Waals surface area (Å²) in [6.07, 6.45) is 5.17. The summed E-state index contributed by atoms with van der Waals surface area (Å²) in [4.78, 5) is 25.5. The van der Waals surface area contributed by atoms with Gasteiger partial charge in [-0.2, -0.15) is 0 Å². The number of anilines is 1. The van der Waals surface area contributed by atoms with Crippen LogP contribution in [0.4, 0.5) is 10.6 Å². The lowest BCUT2D eigenvalue weighted by atomic mass is 9.76. The Morgan fingerprint density at radius 1 is 1.14 bits per heavy atom. The van der Waals surface area contributed by atoms with Crippen LogP contribution < -0.4 is 5.73 Å². The fourth-order valence-electron chi connectivity index (χ4n) is 6.31. The Balaban J connectivity index is 1.17. The van der Waals surface area contributed by atoms with Gasteiger partial charge in [0, 0.05) is 37.9 Å². The van der Waals surface area contributed by atoms with Crippen molar-refractivity contribution in [3.8, 4) is 0 Å². The topological polar surface area (TPSA) is 117 Å². The van der Waals surface area contributed by atoms with Gasteiger partial charge in [-0.3, -0.25) is 4.90 Å². The van der Waals surface area contributed by atoms with Crippen LogP contribution in [0.15, 0.2) is 18.6 Å². The van der Waals surface area contributed by atoms with E-state index in [2.05, 4.69) is 14.9 Å². The van der Waals surface area contributed by atoms with Gasteiger partial charge in [-0.1, -0.05) is 0 Å².